The fraction of sp³-hybridized carbons (Fsp3) is 0.405. The molecule has 2 aliphatic carbocycles. The minimum absolute atomic E-state index is 0.00456. The Kier molecular flexibility index (Phi) is 11.4. The van der Waals surface area contributed by atoms with Crippen molar-refractivity contribution in [2.24, 2.45) is 5.92 Å². The number of amides is 3. The zero-order chi connectivity index (χ0) is 34.3. The maximum atomic E-state index is 13.6. The number of rotatable bonds is 12. The van der Waals surface area contributed by atoms with Gasteiger partial charge in [0, 0.05) is 5.92 Å². The van der Waals surface area contributed by atoms with Gasteiger partial charge in [0.25, 0.3) is 0 Å². The van der Waals surface area contributed by atoms with E-state index in [4.69, 9.17) is 14.2 Å². The van der Waals surface area contributed by atoms with Gasteiger partial charge in [-0.3, -0.25) is 0 Å². The number of unbranched alkanes of at least 4 members (excludes halogenated alkanes) is 1. The Morgan fingerprint density at radius 1 is 0.917 bits per heavy atom. The van der Waals surface area contributed by atoms with Gasteiger partial charge < -0.3 is 4.74 Å². The third kappa shape index (κ3) is 8.96. The molecule has 11 heteroatoms. The van der Waals surface area contributed by atoms with E-state index in [1.807, 2.05) is 30.3 Å². The van der Waals surface area contributed by atoms with Crippen LogP contribution in [0.25, 0.3) is 9.65 Å². The molecule has 48 heavy (non-hydrogen) atoms. The maximum absolute atomic E-state index is 13.6. The zero-order valence-corrected chi connectivity index (χ0v) is 29.5. The van der Waals surface area contributed by atoms with Crippen molar-refractivity contribution in [3.05, 3.63) is 88.4 Å². The van der Waals surface area contributed by atoms with Crippen molar-refractivity contribution >= 4 is 53.9 Å². The molecule has 5 rings (SSSR count). The summed E-state index contributed by atoms with van der Waals surface area (Å²) in [5.74, 6) is -0.277. The Bertz CT molecular complexity index is 1710. The molecular weight excluding hydrogens is 677 g/mol. The number of alkyl carbamates (subject to hydrolysis) is 2. The average molecular weight is 721 g/mol. The van der Waals surface area contributed by atoms with Gasteiger partial charge in [-0.1, -0.05) is 48.6 Å². The molecule has 3 N–H and O–H groups in total. The first-order chi connectivity index (χ1) is 23.0. The van der Waals surface area contributed by atoms with E-state index in [9.17, 15) is 19.2 Å². The summed E-state index contributed by atoms with van der Waals surface area (Å²) in [6, 6.07) is 14.7. The summed E-state index contributed by atoms with van der Waals surface area (Å²) in [6.45, 7) is 8.01. The fourth-order valence-electron chi connectivity index (χ4n) is 6.13. The van der Waals surface area contributed by atoms with Gasteiger partial charge in [-0.15, -0.1) is 0 Å². The second-order valence-corrected chi connectivity index (χ2v) is 15.2. The summed E-state index contributed by atoms with van der Waals surface area (Å²) < 4.78 is 17.9. The van der Waals surface area contributed by atoms with Crippen LogP contribution in [-0.4, -0.2) is 70.0 Å². The first-order valence-electron chi connectivity index (χ1n) is 16.4. The Balaban J connectivity index is 1.22. The second-order valence-electron chi connectivity index (χ2n) is 12.9. The summed E-state index contributed by atoms with van der Waals surface area (Å²) in [4.78, 5) is 51.0. The van der Waals surface area contributed by atoms with Crippen LogP contribution < -0.4 is 16.0 Å². The molecule has 2 aliphatic rings. The van der Waals surface area contributed by atoms with E-state index in [1.165, 1.54) is 11.1 Å². The molecule has 10 nitrogen and oxygen atoms in total. The van der Waals surface area contributed by atoms with E-state index < -0.39 is 29.7 Å². The van der Waals surface area contributed by atoms with Crippen LogP contribution >= 0.6 is 0 Å². The van der Waals surface area contributed by atoms with Crippen LogP contribution in [0.5, 0.6) is 0 Å². The summed E-state index contributed by atoms with van der Waals surface area (Å²) in [6.07, 6.45) is 8.71. The van der Waals surface area contributed by atoms with Crippen molar-refractivity contribution in [2.45, 2.75) is 70.4 Å². The van der Waals surface area contributed by atoms with Crippen LogP contribution in [0.1, 0.15) is 79.2 Å². The summed E-state index contributed by atoms with van der Waals surface area (Å²) in [7, 11) is 0. The molecular formula is C37H43N3O7Se. The van der Waals surface area contributed by atoms with Gasteiger partial charge in [-0.2, -0.15) is 0 Å². The molecule has 1 aromatic heterocycles. The fourth-order valence-corrected chi connectivity index (χ4v) is 8.10. The summed E-state index contributed by atoms with van der Waals surface area (Å²) in [5, 5.41) is 9.30. The molecule has 0 fully saturated rings. The number of benzene rings is 2. The number of hydrogen-bond acceptors (Lipinski definition) is 7. The van der Waals surface area contributed by atoms with Gasteiger partial charge >= 0.3 is 180 Å². The number of anilines is 1. The number of hydrogen-bond donors (Lipinski definition) is 3. The van der Waals surface area contributed by atoms with Crippen molar-refractivity contribution in [2.75, 3.05) is 25.1 Å². The number of carbonyl (C=O) groups excluding carboxylic acids is 4. The predicted octanol–water partition coefficient (Wildman–Crippen LogP) is 6.43. The van der Waals surface area contributed by atoms with Gasteiger partial charge in [0.1, 0.15) is 5.60 Å². The van der Waals surface area contributed by atoms with E-state index in [1.54, 1.807) is 39.8 Å². The Labute approximate surface area is 287 Å². The van der Waals surface area contributed by atoms with Crippen molar-refractivity contribution in [1.29, 1.82) is 0 Å². The van der Waals surface area contributed by atoms with Gasteiger partial charge in [-0.05, 0) is 37.8 Å². The third-order valence-electron chi connectivity index (χ3n) is 8.25. The zero-order valence-electron chi connectivity index (χ0n) is 27.7. The molecule has 3 amide bonds. The molecule has 0 saturated heterocycles. The number of allylic oxidation sites excluding steroid dienone is 4. The van der Waals surface area contributed by atoms with E-state index in [2.05, 4.69) is 46.3 Å². The minimum atomic E-state index is -0.886. The Morgan fingerprint density at radius 2 is 1.69 bits per heavy atom. The van der Waals surface area contributed by atoms with E-state index in [0.29, 0.717) is 42.5 Å². The topological polar surface area (TPSA) is 132 Å². The average Bonchev–Trinajstić information content (AvgIpc) is 3.61. The molecule has 0 saturated carbocycles. The van der Waals surface area contributed by atoms with E-state index in [-0.39, 0.29) is 44.8 Å². The van der Waals surface area contributed by atoms with Crippen molar-refractivity contribution in [3.63, 3.8) is 0 Å². The number of esters is 1. The molecule has 1 heterocycles. The van der Waals surface area contributed by atoms with Gasteiger partial charge in [-0.25, -0.2) is 4.79 Å². The standard InChI is InChI=1S/C37H43N3O7Se/c1-5-45-34(42)32-21-23-20-24(17-18-31(23)48-32)39-33(41)30(16-10-11-19-38-35(43)47-37(2,3)4)40-36(44)46-22-29-27-14-8-6-12-25(27)26-13-7-9-15-28(26)29/h6-9,12-15,17-18,20-21,25,27,29-30H,5,10-11,16,19,22H2,1-4H3,(H,38,43)(H,39,41)(H,40,44). The van der Waals surface area contributed by atoms with Crippen LogP contribution in [-0.2, 0) is 19.0 Å². The quantitative estimate of drug-likeness (QED) is 0.0852. The van der Waals surface area contributed by atoms with Gasteiger partial charge in [0.05, 0.1) is 0 Å². The number of fused-ring (bicyclic) bond motifs is 4. The number of carbonyl (C=O) groups is 4. The molecule has 0 spiro atoms. The van der Waals surface area contributed by atoms with Crippen LogP contribution in [0.15, 0.2) is 72.8 Å². The molecule has 0 radical (unpaired) electrons. The predicted molar refractivity (Wildman–Crippen MR) is 186 cm³/mol. The molecule has 4 atom stereocenters. The molecule has 4 unspecified atom stereocenters. The van der Waals surface area contributed by atoms with Crippen LogP contribution in [0.2, 0.25) is 0 Å². The number of nitrogens with one attached hydrogen (secondary N) is 3. The SMILES string of the molecule is CCOC(=O)c1cc2cc(NC(=O)C(CCCCNC(=O)OC(C)(C)C)NC(=O)OCC3c4ccccc4C4C=CC=CC43)ccc2[se]1. The van der Waals surface area contributed by atoms with Crippen molar-refractivity contribution in [1.82, 2.24) is 10.6 Å². The summed E-state index contributed by atoms with van der Waals surface area (Å²) in [5.41, 5.74) is 2.36. The third-order valence-corrected chi connectivity index (χ3v) is 10.5. The molecule has 0 aliphatic heterocycles. The number of ether oxygens (including phenoxy) is 3. The Morgan fingerprint density at radius 3 is 2.46 bits per heavy atom. The first kappa shape index (κ1) is 35.0. The van der Waals surface area contributed by atoms with Crippen molar-refractivity contribution in [3.8, 4) is 0 Å². The first-order valence-corrected chi connectivity index (χ1v) is 18.1. The normalized spacial score (nSPS) is 18.4. The molecule has 0 bridgehead atoms. The summed E-state index contributed by atoms with van der Waals surface area (Å²) >= 11 is -0.172. The molecule has 254 valence electrons. The molecule has 3 aromatic rings. The van der Waals surface area contributed by atoms with Crippen LogP contribution in [0, 0.1) is 5.92 Å². The van der Waals surface area contributed by atoms with Crippen LogP contribution in [0.3, 0.4) is 0 Å². The van der Waals surface area contributed by atoms with Crippen LogP contribution in [0.4, 0.5) is 15.3 Å². The Hall–Kier alpha value is -4.34. The van der Waals surface area contributed by atoms with Crippen molar-refractivity contribution < 1.29 is 33.4 Å². The second kappa shape index (κ2) is 15.7. The monoisotopic (exact) mass is 721 g/mol. The van der Waals surface area contributed by atoms with E-state index in [0.717, 1.165) is 9.65 Å². The van der Waals surface area contributed by atoms with E-state index >= 15 is 0 Å². The van der Waals surface area contributed by atoms with Gasteiger partial charge in [0.2, 0.25) is 0 Å². The molecule has 2 aromatic carbocycles. The van der Waals surface area contributed by atoms with Gasteiger partial charge in [0.15, 0.2) is 0 Å².